The minimum absolute atomic E-state index is 0. The van der Waals surface area contributed by atoms with Crippen LogP contribution in [0.15, 0.2) is 47.7 Å². The summed E-state index contributed by atoms with van der Waals surface area (Å²) in [5.41, 5.74) is 1.17. The first-order valence-corrected chi connectivity index (χ1v) is 7.89. The Balaban J connectivity index is 0.00000288. The highest BCUT2D eigenvalue weighted by Gasteiger charge is 1.98. The Morgan fingerprint density at radius 1 is 1.21 bits per heavy atom. The second-order valence-electron chi connectivity index (χ2n) is 5.22. The van der Waals surface area contributed by atoms with Crippen molar-refractivity contribution in [3.63, 3.8) is 0 Å². The Kier molecular flexibility index (Phi) is 9.90. The highest BCUT2D eigenvalue weighted by molar-refractivity contribution is 14.0. The van der Waals surface area contributed by atoms with Gasteiger partial charge in [0.25, 0.3) is 0 Å². The summed E-state index contributed by atoms with van der Waals surface area (Å²) in [7, 11) is 1.77. The van der Waals surface area contributed by atoms with Crippen LogP contribution in [0, 0.1) is 6.92 Å². The summed E-state index contributed by atoms with van der Waals surface area (Å²) in [6.45, 7) is 5.12. The van der Waals surface area contributed by atoms with Crippen molar-refractivity contribution in [2.75, 3.05) is 26.7 Å². The van der Waals surface area contributed by atoms with Crippen molar-refractivity contribution in [1.82, 2.24) is 20.4 Å². The maximum atomic E-state index is 5.65. The molecule has 0 amide bonds. The number of rotatable bonds is 8. The van der Waals surface area contributed by atoms with Crippen LogP contribution < -0.4 is 15.4 Å². The molecule has 0 aliphatic carbocycles. The van der Waals surface area contributed by atoms with Gasteiger partial charge in [-0.05, 0) is 31.0 Å². The van der Waals surface area contributed by atoms with Gasteiger partial charge < -0.3 is 15.4 Å². The van der Waals surface area contributed by atoms with E-state index >= 15 is 0 Å². The maximum Gasteiger partial charge on any atom is 0.191 e. The molecule has 2 N–H and O–H groups in total. The van der Waals surface area contributed by atoms with Gasteiger partial charge in [-0.2, -0.15) is 5.10 Å². The summed E-state index contributed by atoms with van der Waals surface area (Å²) in [6, 6.07) is 9.85. The van der Waals surface area contributed by atoms with Crippen LogP contribution in [0.25, 0.3) is 0 Å². The predicted octanol–water partition coefficient (Wildman–Crippen LogP) is 2.44. The fourth-order valence-electron chi connectivity index (χ4n) is 2.08. The van der Waals surface area contributed by atoms with Gasteiger partial charge in [0.2, 0.25) is 0 Å². The molecular weight excluding hydrogens is 417 g/mol. The lowest BCUT2D eigenvalue weighted by Crippen LogP contribution is -2.39. The number of nitrogens with one attached hydrogen (secondary N) is 2. The van der Waals surface area contributed by atoms with Crippen LogP contribution in [0.2, 0.25) is 0 Å². The van der Waals surface area contributed by atoms with Crippen LogP contribution >= 0.6 is 24.0 Å². The molecule has 0 atom stereocenters. The number of aliphatic imine (C=N–C) groups is 1. The van der Waals surface area contributed by atoms with Crippen molar-refractivity contribution < 1.29 is 4.74 Å². The number of aryl methyl sites for hydroxylation is 1. The summed E-state index contributed by atoms with van der Waals surface area (Å²) >= 11 is 0. The number of aromatic nitrogens is 2. The first-order valence-electron chi connectivity index (χ1n) is 7.89. The number of guanidine groups is 1. The molecule has 2 rings (SSSR count). The zero-order valence-corrected chi connectivity index (χ0v) is 16.6. The molecular formula is C17H26IN5O. The minimum atomic E-state index is 0. The number of hydrogen-bond donors (Lipinski definition) is 2. The van der Waals surface area contributed by atoms with Crippen molar-refractivity contribution in [3.8, 4) is 5.75 Å². The summed E-state index contributed by atoms with van der Waals surface area (Å²) in [5, 5.41) is 10.8. The largest absolute Gasteiger partial charge is 0.494 e. The van der Waals surface area contributed by atoms with Crippen molar-refractivity contribution in [2.45, 2.75) is 19.9 Å². The van der Waals surface area contributed by atoms with Crippen LogP contribution in [-0.2, 0) is 6.54 Å². The molecule has 0 radical (unpaired) electrons. The molecule has 0 spiro atoms. The van der Waals surface area contributed by atoms with Gasteiger partial charge in [0, 0.05) is 26.3 Å². The molecule has 1 aromatic carbocycles. The number of para-hydroxylation sites is 1. The van der Waals surface area contributed by atoms with Gasteiger partial charge in [0.1, 0.15) is 5.75 Å². The average molecular weight is 443 g/mol. The zero-order chi connectivity index (χ0) is 16.3. The molecule has 0 bridgehead atoms. The summed E-state index contributed by atoms with van der Waals surface area (Å²) in [6.07, 6.45) is 4.80. The fourth-order valence-corrected chi connectivity index (χ4v) is 2.08. The second kappa shape index (κ2) is 11.7. The van der Waals surface area contributed by atoms with Gasteiger partial charge >= 0.3 is 0 Å². The molecule has 6 nitrogen and oxygen atoms in total. The monoisotopic (exact) mass is 443 g/mol. The van der Waals surface area contributed by atoms with Crippen molar-refractivity contribution >= 4 is 29.9 Å². The number of halogens is 1. The number of nitrogens with zero attached hydrogens (tertiary/aromatic N) is 3. The number of hydrogen-bond acceptors (Lipinski definition) is 3. The van der Waals surface area contributed by atoms with Gasteiger partial charge in [0.15, 0.2) is 5.96 Å². The van der Waals surface area contributed by atoms with E-state index in [1.165, 1.54) is 5.56 Å². The van der Waals surface area contributed by atoms with E-state index in [1.54, 1.807) is 7.05 Å². The Morgan fingerprint density at radius 3 is 2.62 bits per heavy atom. The van der Waals surface area contributed by atoms with Gasteiger partial charge in [-0.1, -0.05) is 18.2 Å². The predicted molar refractivity (Wildman–Crippen MR) is 108 cm³/mol. The van der Waals surface area contributed by atoms with E-state index < -0.39 is 0 Å². The van der Waals surface area contributed by atoms with Gasteiger partial charge in [-0.25, -0.2) is 0 Å². The Hall–Kier alpha value is -1.77. The lowest BCUT2D eigenvalue weighted by atomic mass is 10.3. The molecule has 0 aliphatic heterocycles. The average Bonchev–Trinajstić information content (AvgIpc) is 2.99. The SMILES string of the molecule is CN=C(NCCCOc1ccccc1)NCCn1cc(C)cn1.I. The van der Waals surface area contributed by atoms with E-state index in [2.05, 4.69) is 20.7 Å². The topological polar surface area (TPSA) is 63.5 Å². The lowest BCUT2D eigenvalue weighted by molar-refractivity contribution is 0.311. The van der Waals surface area contributed by atoms with Gasteiger partial charge in [-0.15, -0.1) is 24.0 Å². The molecule has 0 saturated carbocycles. The molecule has 0 fully saturated rings. The Morgan fingerprint density at radius 2 is 1.96 bits per heavy atom. The molecule has 0 unspecified atom stereocenters. The third-order valence-electron chi connectivity index (χ3n) is 3.24. The molecule has 1 heterocycles. The van der Waals surface area contributed by atoms with Crippen LogP contribution in [0.5, 0.6) is 5.75 Å². The minimum Gasteiger partial charge on any atom is -0.494 e. The Labute approximate surface area is 160 Å². The van der Waals surface area contributed by atoms with Crippen LogP contribution in [0.3, 0.4) is 0 Å². The van der Waals surface area contributed by atoms with Gasteiger partial charge in [-0.3, -0.25) is 9.67 Å². The van der Waals surface area contributed by atoms with Crippen molar-refractivity contribution in [1.29, 1.82) is 0 Å². The molecule has 7 heteroatoms. The van der Waals surface area contributed by atoms with E-state index in [1.807, 2.05) is 54.3 Å². The molecule has 24 heavy (non-hydrogen) atoms. The normalized spacial score (nSPS) is 10.8. The molecule has 132 valence electrons. The third-order valence-corrected chi connectivity index (χ3v) is 3.24. The molecule has 2 aromatic rings. The van der Waals surface area contributed by atoms with Crippen LogP contribution in [0.4, 0.5) is 0 Å². The standard InChI is InChI=1S/C17H25N5O.HI/c1-15-13-21-22(14-15)11-10-20-17(18-2)19-9-6-12-23-16-7-4-3-5-8-16;/h3-5,7-8,13-14H,6,9-12H2,1-2H3,(H2,18,19,20);1H. The molecule has 1 aromatic heterocycles. The third kappa shape index (κ3) is 7.67. The lowest BCUT2D eigenvalue weighted by Gasteiger charge is -2.12. The van der Waals surface area contributed by atoms with E-state index in [0.29, 0.717) is 6.61 Å². The first-order chi connectivity index (χ1) is 11.3. The van der Waals surface area contributed by atoms with Crippen molar-refractivity contribution in [3.05, 3.63) is 48.3 Å². The number of benzene rings is 1. The molecule has 0 saturated heterocycles. The van der Waals surface area contributed by atoms with E-state index in [9.17, 15) is 0 Å². The smallest absolute Gasteiger partial charge is 0.191 e. The van der Waals surface area contributed by atoms with Gasteiger partial charge in [0.05, 0.1) is 19.3 Å². The number of ether oxygens (including phenoxy) is 1. The van der Waals surface area contributed by atoms with Crippen LogP contribution in [0.1, 0.15) is 12.0 Å². The van der Waals surface area contributed by atoms with E-state index in [0.717, 1.165) is 37.8 Å². The first kappa shape index (κ1) is 20.3. The zero-order valence-electron chi connectivity index (χ0n) is 14.2. The second-order valence-corrected chi connectivity index (χ2v) is 5.22. The molecule has 0 aliphatic rings. The highest BCUT2D eigenvalue weighted by Crippen LogP contribution is 2.07. The van der Waals surface area contributed by atoms with Crippen molar-refractivity contribution in [2.24, 2.45) is 4.99 Å². The maximum absolute atomic E-state index is 5.65. The fraction of sp³-hybridized carbons (Fsp3) is 0.412. The Bertz CT molecular complexity index is 600. The summed E-state index contributed by atoms with van der Waals surface area (Å²) < 4.78 is 7.57. The van der Waals surface area contributed by atoms with E-state index in [4.69, 9.17) is 4.74 Å². The summed E-state index contributed by atoms with van der Waals surface area (Å²) in [5.74, 6) is 1.71. The quantitative estimate of drug-likeness (QED) is 0.285. The highest BCUT2D eigenvalue weighted by atomic mass is 127. The summed E-state index contributed by atoms with van der Waals surface area (Å²) in [4.78, 5) is 4.20. The van der Waals surface area contributed by atoms with E-state index in [-0.39, 0.29) is 24.0 Å². The van der Waals surface area contributed by atoms with Crippen LogP contribution in [-0.4, -0.2) is 42.5 Å².